The maximum absolute atomic E-state index is 13.4. The number of aromatic nitrogens is 2. The number of imidazole rings is 1. The Morgan fingerprint density at radius 1 is 1.15 bits per heavy atom. The number of hydrogen-bond acceptors (Lipinski definition) is 3. The summed E-state index contributed by atoms with van der Waals surface area (Å²) >= 11 is 1.82. The predicted molar refractivity (Wildman–Crippen MR) is 111 cm³/mol. The topological polar surface area (TPSA) is 49.0 Å². The first-order chi connectivity index (χ1) is 12.7. The lowest BCUT2D eigenvalue weighted by molar-refractivity contribution is -0.159. The van der Waals surface area contributed by atoms with Crippen LogP contribution in [-0.4, -0.2) is 39.6 Å². The molecule has 4 nitrogen and oxygen atoms in total. The molecule has 0 aromatic carbocycles. The van der Waals surface area contributed by atoms with E-state index >= 15 is 0 Å². The molecule has 1 amide bonds. The van der Waals surface area contributed by atoms with Crippen LogP contribution in [0, 0.1) is 29.1 Å². The van der Waals surface area contributed by atoms with Crippen molar-refractivity contribution in [3.05, 3.63) is 12.4 Å². The molecule has 4 saturated carbocycles. The number of carbonyl (C=O) groups is 1. The van der Waals surface area contributed by atoms with Gasteiger partial charge >= 0.3 is 0 Å². The normalized spacial score (nSPS) is 35.3. The van der Waals surface area contributed by atoms with E-state index in [1.165, 1.54) is 57.8 Å². The number of aromatic amines is 1. The molecule has 5 heteroatoms. The highest BCUT2D eigenvalue weighted by molar-refractivity contribution is 7.99. The van der Waals surface area contributed by atoms with Gasteiger partial charge in [-0.1, -0.05) is 19.2 Å². The van der Waals surface area contributed by atoms with E-state index in [1.807, 2.05) is 24.2 Å². The molecule has 0 unspecified atom stereocenters. The first-order valence-corrected chi connectivity index (χ1v) is 11.6. The number of rotatable bonds is 5. The molecule has 150 valence electrons. The maximum Gasteiger partial charge on any atom is 0.228 e. The number of amides is 1. The Morgan fingerprint density at radius 3 is 2.33 bits per heavy atom. The van der Waals surface area contributed by atoms with Crippen LogP contribution in [0.5, 0.6) is 0 Å². The zero-order chi connectivity index (χ0) is 17.6. The van der Waals surface area contributed by atoms with Crippen LogP contribution in [0.2, 0.25) is 0 Å². The lowest BCUT2D eigenvalue weighted by Crippen LogP contribution is -2.55. The smallest absolute Gasteiger partial charge is 0.228 e. The Kier molecular flexibility index (Phi) is 5.59. The molecule has 2 heterocycles. The second kappa shape index (κ2) is 7.81. The number of carbonyl (C=O) groups excluding carboxylic acids is 1. The highest BCUT2D eigenvalue weighted by atomic mass is 32.2. The van der Waals surface area contributed by atoms with E-state index in [-0.39, 0.29) is 12.8 Å². The fraction of sp³-hybridized carbons (Fsp3) is 0.818. The predicted octanol–water partition coefficient (Wildman–Crippen LogP) is 4.98. The van der Waals surface area contributed by atoms with E-state index in [9.17, 15) is 4.79 Å². The summed E-state index contributed by atoms with van der Waals surface area (Å²) in [7, 11) is 0. The summed E-state index contributed by atoms with van der Waals surface area (Å²) in [4.78, 5) is 23.1. The molecule has 1 aliphatic heterocycles. The van der Waals surface area contributed by atoms with Crippen LogP contribution < -0.4 is 0 Å². The van der Waals surface area contributed by atoms with Gasteiger partial charge in [0.15, 0.2) is 5.16 Å². The minimum absolute atomic E-state index is 0. The van der Waals surface area contributed by atoms with E-state index in [0.29, 0.717) is 5.91 Å². The van der Waals surface area contributed by atoms with Crippen molar-refractivity contribution in [3.8, 4) is 0 Å². The third-order valence-electron chi connectivity index (χ3n) is 7.63. The van der Waals surface area contributed by atoms with Gasteiger partial charge in [-0.3, -0.25) is 4.79 Å². The van der Waals surface area contributed by atoms with Crippen molar-refractivity contribution < 1.29 is 4.79 Å². The zero-order valence-corrected chi connectivity index (χ0v) is 16.5. The van der Waals surface area contributed by atoms with Gasteiger partial charge in [-0.15, -0.1) is 0 Å². The van der Waals surface area contributed by atoms with Crippen molar-refractivity contribution in [2.75, 3.05) is 18.8 Å². The fourth-order valence-electron chi connectivity index (χ4n) is 6.78. The molecule has 5 aliphatic rings. The highest BCUT2D eigenvalue weighted by Crippen LogP contribution is 2.60. The van der Waals surface area contributed by atoms with E-state index in [1.54, 1.807) is 0 Å². The van der Waals surface area contributed by atoms with E-state index < -0.39 is 0 Å². The summed E-state index contributed by atoms with van der Waals surface area (Å²) < 4.78 is 0. The minimum atomic E-state index is 0. The van der Waals surface area contributed by atoms with Crippen molar-refractivity contribution in [3.63, 3.8) is 0 Å². The molecular weight excluding hydrogens is 354 g/mol. The maximum atomic E-state index is 13.4. The second-order valence-electron chi connectivity index (χ2n) is 9.46. The Bertz CT molecular complexity index is 601. The zero-order valence-electron chi connectivity index (χ0n) is 15.7. The summed E-state index contributed by atoms with van der Waals surface area (Å²) in [6.45, 7) is 1.99. The number of likely N-dealkylation sites (tertiary alicyclic amines) is 1. The molecule has 0 radical (unpaired) electrons. The SMILES string of the molecule is C.O=C(N1CCC(CCSc2ncc[nH]2)CC1)C12CC3CC(CC(C3)C1)C2. The Labute approximate surface area is 168 Å². The first kappa shape index (κ1) is 19.4. The monoisotopic (exact) mass is 389 g/mol. The van der Waals surface area contributed by atoms with Gasteiger partial charge in [-0.2, -0.15) is 0 Å². The molecule has 1 aromatic heterocycles. The number of thioether (sulfide) groups is 1. The van der Waals surface area contributed by atoms with Gasteiger partial charge in [0, 0.05) is 31.2 Å². The summed E-state index contributed by atoms with van der Waals surface area (Å²) in [5.41, 5.74) is 0.0523. The largest absolute Gasteiger partial charge is 0.342 e. The third kappa shape index (κ3) is 3.81. The van der Waals surface area contributed by atoms with Crippen molar-refractivity contribution in [2.24, 2.45) is 29.1 Å². The molecule has 1 aromatic rings. The highest BCUT2D eigenvalue weighted by Gasteiger charge is 2.55. The standard InChI is InChI=1S/C21H31N3OS.CH4/c25-19(21-12-16-9-17(13-21)11-18(10-16)14-21)24-6-1-15(2-7-24)3-8-26-20-22-4-5-23-20;/h4-5,15-18H,1-3,6-14H2,(H,22,23);1H4. The quantitative estimate of drug-likeness (QED) is 0.722. The number of hydrogen-bond donors (Lipinski definition) is 1. The lowest BCUT2D eigenvalue weighted by Gasteiger charge is -2.57. The molecule has 0 atom stereocenters. The second-order valence-corrected chi connectivity index (χ2v) is 10.5. The van der Waals surface area contributed by atoms with E-state index in [4.69, 9.17) is 0 Å². The van der Waals surface area contributed by atoms with Gasteiger partial charge in [-0.25, -0.2) is 4.98 Å². The molecule has 6 rings (SSSR count). The summed E-state index contributed by atoms with van der Waals surface area (Å²) in [6, 6.07) is 0. The fourth-order valence-corrected chi connectivity index (χ4v) is 7.72. The number of nitrogens with one attached hydrogen (secondary N) is 1. The molecule has 4 bridgehead atoms. The summed E-state index contributed by atoms with van der Waals surface area (Å²) in [6.07, 6.45) is 15.2. The molecular formula is C22H35N3OS. The van der Waals surface area contributed by atoms with Crippen LogP contribution in [0.4, 0.5) is 0 Å². The van der Waals surface area contributed by atoms with Gasteiger partial charge in [0.2, 0.25) is 5.91 Å². The Balaban J connectivity index is 0.00000180. The van der Waals surface area contributed by atoms with Gasteiger partial charge in [-0.05, 0) is 81.5 Å². The van der Waals surface area contributed by atoms with Crippen LogP contribution >= 0.6 is 11.8 Å². The van der Waals surface area contributed by atoms with E-state index in [0.717, 1.165) is 47.7 Å². The van der Waals surface area contributed by atoms with Crippen LogP contribution in [0.25, 0.3) is 0 Å². The van der Waals surface area contributed by atoms with Crippen molar-refractivity contribution >= 4 is 17.7 Å². The van der Waals surface area contributed by atoms with E-state index in [2.05, 4.69) is 14.9 Å². The van der Waals surface area contributed by atoms with Crippen LogP contribution in [0.15, 0.2) is 17.6 Å². The van der Waals surface area contributed by atoms with Crippen LogP contribution in [0.3, 0.4) is 0 Å². The van der Waals surface area contributed by atoms with Crippen molar-refractivity contribution in [1.29, 1.82) is 0 Å². The van der Waals surface area contributed by atoms with Gasteiger partial charge in [0.1, 0.15) is 0 Å². The number of nitrogens with zero attached hydrogens (tertiary/aromatic N) is 2. The number of piperidine rings is 1. The molecule has 0 spiro atoms. The minimum Gasteiger partial charge on any atom is -0.342 e. The average molecular weight is 390 g/mol. The van der Waals surface area contributed by atoms with Gasteiger partial charge in [0.05, 0.1) is 5.41 Å². The molecule has 4 aliphatic carbocycles. The lowest BCUT2D eigenvalue weighted by atomic mass is 9.49. The van der Waals surface area contributed by atoms with Gasteiger partial charge in [0.25, 0.3) is 0 Å². The van der Waals surface area contributed by atoms with Crippen LogP contribution in [0.1, 0.15) is 65.2 Å². The average Bonchev–Trinajstić information content (AvgIpc) is 3.14. The Morgan fingerprint density at radius 2 is 1.78 bits per heavy atom. The van der Waals surface area contributed by atoms with Crippen molar-refractivity contribution in [1.82, 2.24) is 14.9 Å². The van der Waals surface area contributed by atoms with Crippen molar-refractivity contribution in [2.45, 2.75) is 70.4 Å². The van der Waals surface area contributed by atoms with Gasteiger partial charge < -0.3 is 9.88 Å². The van der Waals surface area contributed by atoms with Crippen LogP contribution in [-0.2, 0) is 4.79 Å². The third-order valence-corrected chi connectivity index (χ3v) is 8.57. The first-order valence-electron chi connectivity index (χ1n) is 10.6. The Hall–Kier alpha value is -0.970. The molecule has 1 N–H and O–H groups in total. The molecule has 27 heavy (non-hydrogen) atoms. The molecule has 5 fully saturated rings. The number of H-pyrrole nitrogens is 1. The summed E-state index contributed by atoms with van der Waals surface area (Å²) in [5, 5.41) is 1.03. The molecule has 1 saturated heterocycles. The summed E-state index contributed by atoms with van der Waals surface area (Å²) in [5.74, 6) is 5.03.